The van der Waals surface area contributed by atoms with Crippen LogP contribution in [-0.4, -0.2) is 34.4 Å². The van der Waals surface area contributed by atoms with E-state index in [0.29, 0.717) is 0 Å². The Morgan fingerprint density at radius 3 is 2.11 bits per heavy atom. The van der Waals surface area contributed by atoms with E-state index in [1.807, 2.05) is 0 Å². The smallest absolute Gasteiger partial charge is 0.317 e. The van der Waals surface area contributed by atoms with Crippen LogP contribution in [0.4, 0.5) is 17.6 Å². The van der Waals surface area contributed by atoms with Crippen LogP contribution in [0, 0.1) is 5.41 Å². The number of aliphatic carboxylic acids is 1. The van der Waals surface area contributed by atoms with Crippen LogP contribution in [0.5, 0.6) is 0 Å². The first-order valence-corrected chi connectivity index (χ1v) is 6.53. The molecule has 0 saturated carbocycles. The second-order valence-corrected chi connectivity index (χ2v) is 6.33. The van der Waals surface area contributed by atoms with Crippen molar-refractivity contribution in [3.8, 4) is 0 Å². The zero-order chi connectivity index (χ0) is 14.6. The van der Waals surface area contributed by atoms with Crippen molar-refractivity contribution in [2.24, 2.45) is 5.41 Å². The van der Waals surface area contributed by atoms with E-state index < -0.39 is 35.4 Å². The lowest BCUT2D eigenvalue weighted by Gasteiger charge is -2.26. The molecule has 0 aliphatic carbocycles. The maximum absolute atomic E-state index is 12.6. The number of hydrogen-bond donors (Lipinski definition) is 1. The molecule has 1 N–H and O–H groups in total. The minimum atomic E-state index is -3.99. The van der Waals surface area contributed by atoms with Crippen molar-refractivity contribution in [3.63, 3.8) is 0 Å². The molecule has 0 aromatic carbocycles. The molecule has 7 heteroatoms. The van der Waals surface area contributed by atoms with Crippen molar-refractivity contribution in [3.05, 3.63) is 0 Å². The van der Waals surface area contributed by atoms with Crippen molar-refractivity contribution >= 4 is 17.7 Å². The van der Waals surface area contributed by atoms with Gasteiger partial charge in [0.1, 0.15) is 5.25 Å². The first kappa shape index (κ1) is 17.5. The SMILES string of the molecule is CC(C)(C)C(SCCCC(F)(F)C(F)F)C(=O)O. The van der Waals surface area contributed by atoms with Gasteiger partial charge in [-0.2, -0.15) is 0 Å². The molecule has 0 saturated heterocycles. The van der Waals surface area contributed by atoms with Crippen LogP contribution in [-0.2, 0) is 4.79 Å². The number of rotatable bonds is 7. The normalized spacial score (nSPS) is 14.9. The summed E-state index contributed by atoms with van der Waals surface area (Å²) in [6.07, 6.45) is -4.73. The van der Waals surface area contributed by atoms with Crippen LogP contribution in [0.15, 0.2) is 0 Å². The third-order valence-electron chi connectivity index (χ3n) is 2.27. The van der Waals surface area contributed by atoms with E-state index in [2.05, 4.69) is 0 Å². The average molecular weight is 290 g/mol. The van der Waals surface area contributed by atoms with Gasteiger partial charge in [-0.05, 0) is 17.6 Å². The second kappa shape index (κ2) is 6.63. The summed E-state index contributed by atoms with van der Waals surface area (Å²) >= 11 is 1.01. The molecule has 0 spiro atoms. The fourth-order valence-electron chi connectivity index (χ4n) is 1.31. The first-order chi connectivity index (χ1) is 7.98. The number of hydrogen-bond acceptors (Lipinski definition) is 2. The molecule has 18 heavy (non-hydrogen) atoms. The molecule has 2 nitrogen and oxygen atoms in total. The minimum absolute atomic E-state index is 0.122. The lowest BCUT2D eigenvalue weighted by Crippen LogP contribution is -2.32. The van der Waals surface area contributed by atoms with Gasteiger partial charge in [-0.1, -0.05) is 20.8 Å². The highest BCUT2D eigenvalue weighted by Gasteiger charge is 2.40. The highest BCUT2D eigenvalue weighted by molar-refractivity contribution is 8.00. The maximum atomic E-state index is 12.6. The molecule has 0 aromatic heterocycles. The summed E-state index contributed by atoms with van der Waals surface area (Å²) in [5, 5.41) is 8.23. The molecule has 0 aromatic rings. The summed E-state index contributed by atoms with van der Waals surface area (Å²) in [7, 11) is 0. The molecule has 108 valence electrons. The summed E-state index contributed by atoms with van der Waals surface area (Å²) in [4.78, 5) is 11.0. The third kappa shape index (κ3) is 5.93. The van der Waals surface area contributed by atoms with Crippen molar-refractivity contribution in [1.29, 1.82) is 0 Å². The molecule has 0 aliphatic rings. The van der Waals surface area contributed by atoms with Crippen LogP contribution in [0.3, 0.4) is 0 Å². The molecule has 0 bridgehead atoms. The Morgan fingerprint density at radius 2 is 1.78 bits per heavy atom. The Hall–Kier alpha value is -0.460. The fraction of sp³-hybridized carbons (Fsp3) is 0.909. The molecular weight excluding hydrogens is 272 g/mol. The van der Waals surface area contributed by atoms with Crippen LogP contribution in [0.2, 0.25) is 0 Å². The van der Waals surface area contributed by atoms with E-state index in [1.165, 1.54) is 0 Å². The standard InChI is InChI=1S/C11H18F4O2S/c1-10(2,3)7(8(16)17)18-6-4-5-11(14,15)9(12)13/h7,9H,4-6H2,1-3H3,(H,16,17). The Morgan fingerprint density at radius 1 is 1.28 bits per heavy atom. The molecule has 1 atom stereocenters. The third-order valence-corrected chi connectivity index (χ3v) is 4.04. The zero-order valence-electron chi connectivity index (χ0n) is 10.6. The monoisotopic (exact) mass is 290 g/mol. The van der Waals surface area contributed by atoms with Gasteiger partial charge in [-0.25, -0.2) is 17.6 Å². The van der Waals surface area contributed by atoms with Crippen molar-refractivity contribution in [1.82, 2.24) is 0 Å². The zero-order valence-corrected chi connectivity index (χ0v) is 11.4. The van der Waals surface area contributed by atoms with Crippen LogP contribution < -0.4 is 0 Å². The van der Waals surface area contributed by atoms with Gasteiger partial charge in [0, 0.05) is 6.42 Å². The highest BCUT2D eigenvalue weighted by Crippen LogP contribution is 2.33. The van der Waals surface area contributed by atoms with Gasteiger partial charge in [0.2, 0.25) is 0 Å². The summed E-state index contributed by atoms with van der Waals surface area (Å²) < 4.78 is 48.9. The maximum Gasteiger partial charge on any atom is 0.317 e. The first-order valence-electron chi connectivity index (χ1n) is 5.49. The molecule has 0 rings (SSSR count). The van der Waals surface area contributed by atoms with Gasteiger partial charge in [0.05, 0.1) is 0 Å². The molecule has 0 fully saturated rings. The summed E-state index contributed by atoms with van der Waals surface area (Å²) in [6, 6.07) is 0. The average Bonchev–Trinajstić information content (AvgIpc) is 2.13. The lowest BCUT2D eigenvalue weighted by molar-refractivity contribution is -0.138. The largest absolute Gasteiger partial charge is 0.480 e. The van der Waals surface area contributed by atoms with Crippen LogP contribution in [0.25, 0.3) is 0 Å². The molecular formula is C11H18F4O2S. The summed E-state index contributed by atoms with van der Waals surface area (Å²) in [5.41, 5.74) is -0.512. The van der Waals surface area contributed by atoms with E-state index in [-0.39, 0.29) is 12.2 Å². The van der Waals surface area contributed by atoms with Gasteiger partial charge in [-0.3, -0.25) is 4.79 Å². The molecule has 0 radical (unpaired) electrons. The quantitative estimate of drug-likeness (QED) is 0.571. The Balaban J connectivity index is 4.14. The van der Waals surface area contributed by atoms with Gasteiger partial charge in [0.25, 0.3) is 0 Å². The molecule has 0 amide bonds. The predicted octanol–water partition coefficient (Wildman–Crippen LogP) is 3.90. The van der Waals surface area contributed by atoms with Gasteiger partial charge in [-0.15, -0.1) is 11.8 Å². The highest BCUT2D eigenvalue weighted by atomic mass is 32.2. The van der Waals surface area contributed by atoms with E-state index in [9.17, 15) is 22.4 Å². The van der Waals surface area contributed by atoms with Gasteiger partial charge >= 0.3 is 18.3 Å². The topological polar surface area (TPSA) is 37.3 Å². The molecule has 0 heterocycles. The number of carboxylic acid groups (broad SMARTS) is 1. The van der Waals surface area contributed by atoms with E-state index in [4.69, 9.17) is 5.11 Å². The Bertz CT molecular complexity index is 277. The number of carbonyl (C=O) groups is 1. The number of carboxylic acids is 1. The van der Waals surface area contributed by atoms with Crippen molar-refractivity contribution in [2.75, 3.05) is 5.75 Å². The number of thioether (sulfide) groups is 1. The second-order valence-electron chi connectivity index (χ2n) is 5.12. The van der Waals surface area contributed by atoms with Gasteiger partial charge < -0.3 is 5.11 Å². The van der Waals surface area contributed by atoms with E-state index in [1.54, 1.807) is 20.8 Å². The van der Waals surface area contributed by atoms with Gasteiger partial charge in [0.15, 0.2) is 0 Å². The van der Waals surface area contributed by atoms with E-state index >= 15 is 0 Å². The minimum Gasteiger partial charge on any atom is -0.480 e. The van der Waals surface area contributed by atoms with Crippen molar-refractivity contribution < 1.29 is 27.5 Å². The fourth-order valence-corrected chi connectivity index (χ4v) is 2.50. The van der Waals surface area contributed by atoms with Crippen LogP contribution in [0.1, 0.15) is 33.6 Å². The van der Waals surface area contributed by atoms with Crippen molar-refractivity contribution in [2.45, 2.75) is 51.2 Å². The Kier molecular flexibility index (Phi) is 6.46. The van der Waals surface area contributed by atoms with Crippen LogP contribution >= 0.6 is 11.8 Å². The summed E-state index contributed by atoms with van der Waals surface area (Å²) in [5.74, 6) is -4.88. The predicted molar refractivity (Wildman–Crippen MR) is 63.5 cm³/mol. The van der Waals surface area contributed by atoms with E-state index in [0.717, 1.165) is 11.8 Å². The molecule has 0 aliphatic heterocycles. The summed E-state index contributed by atoms with van der Waals surface area (Å²) in [6.45, 7) is 5.19. The molecule has 1 unspecified atom stereocenters. The number of halogens is 4. The lowest BCUT2D eigenvalue weighted by atomic mass is 9.92. The number of alkyl halides is 4. The Labute approximate surface area is 108 Å².